The largest absolute Gasteiger partial charge is 0.444 e. The first-order chi connectivity index (χ1) is 11.7. The summed E-state index contributed by atoms with van der Waals surface area (Å²) in [5, 5.41) is -0.274. The summed E-state index contributed by atoms with van der Waals surface area (Å²) in [6.07, 6.45) is 0.139. The second-order valence-electron chi connectivity index (χ2n) is 7.16. The fourth-order valence-electron chi connectivity index (χ4n) is 3.00. The van der Waals surface area contributed by atoms with Crippen LogP contribution in [0.1, 0.15) is 32.0 Å². The zero-order valence-electron chi connectivity index (χ0n) is 14.4. The van der Waals surface area contributed by atoms with Crippen molar-refractivity contribution in [2.24, 2.45) is 0 Å². The van der Waals surface area contributed by atoms with Crippen LogP contribution in [-0.2, 0) is 17.6 Å². The third-order valence-corrected chi connectivity index (χ3v) is 4.16. The van der Waals surface area contributed by atoms with Gasteiger partial charge in [0.25, 0.3) is 0 Å². The van der Waals surface area contributed by atoms with Crippen LogP contribution in [0.4, 0.5) is 13.6 Å². The van der Waals surface area contributed by atoms with Gasteiger partial charge in [-0.25, -0.2) is 13.6 Å². The molecule has 7 heteroatoms. The number of aromatic amines is 1. The van der Waals surface area contributed by atoms with Crippen LogP contribution in [0.3, 0.4) is 0 Å². The third kappa shape index (κ3) is 3.36. The molecule has 0 unspecified atom stereocenters. The summed E-state index contributed by atoms with van der Waals surface area (Å²) in [5.74, 6) is -1.43. The lowest BCUT2D eigenvalue weighted by atomic mass is 10.0. The molecule has 1 aliphatic heterocycles. The summed E-state index contributed by atoms with van der Waals surface area (Å²) >= 11 is 0. The Morgan fingerprint density at radius 1 is 1.16 bits per heavy atom. The number of rotatable bonds is 0. The van der Waals surface area contributed by atoms with E-state index < -0.39 is 28.8 Å². The third-order valence-electron chi connectivity index (χ3n) is 4.16. The second kappa shape index (κ2) is 6.13. The maximum Gasteiger partial charge on any atom is 0.410 e. The van der Waals surface area contributed by atoms with Gasteiger partial charge in [0.1, 0.15) is 17.2 Å². The molecule has 0 spiro atoms. The molecule has 3 rings (SSSR count). The van der Waals surface area contributed by atoms with Gasteiger partial charge in [0, 0.05) is 30.8 Å². The van der Waals surface area contributed by atoms with Crippen molar-refractivity contribution in [3.63, 3.8) is 0 Å². The summed E-state index contributed by atoms with van der Waals surface area (Å²) in [4.78, 5) is 29.2. The molecule has 0 radical (unpaired) electrons. The molecule has 0 saturated heterocycles. The monoisotopic (exact) mass is 350 g/mol. The molecule has 1 aromatic carbocycles. The van der Waals surface area contributed by atoms with Gasteiger partial charge in [0.05, 0.1) is 10.9 Å². The quantitative estimate of drug-likeness (QED) is 0.794. The predicted molar refractivity (Wildman–Crippen MR) is 89.7 cm³/mol. The summed E-state index contributed by atoms with van der Waals surface area (Å²) in [5.41, 5.74) is -0.343. The first-order valence-electron chi connectivity index (χ1n) is 8.17. The van der Waals surface area contributed by atoms with Crippen molar-refractivity contribution in [2.45, 2.75) is 39.2 Å². The zero-order valence-corrected chi connectivity index (χ0v) is 14.4. The molecule has 25 heavy (non-hydrogen) atoms. The molecule has 0 aliphatic carbocycles. The van der Waals surface area contributed by atoms with Crippen LogP contribution < -0.4 is 5.43 Å². The van der Waals surface area contributed by atoms with Gasteiger partial charge in [-0.3, -0.25) is 4.79 Å². The Hall–Kier alpha value is -2.44. The number of fused-ring (bicyclic) bond motifs is 2. The second-order valence-corrected chi connectivity index (χ2v) is 7.16. The molecule has 1 aliphatic rings. The van der Waals surface area contributed by atoms with E-state index >= 15 is 0 Å². The molecule has 0 fully saturated rings. The molecule has 2 heterocycles. The number of ether oxygens (including phenoxy) is 1. The SMILES string of the molecule is CC(C)(C)OC(=O)N1CCc2[nH]c3c(F)ccc(F)c3c(=O)c2CC1. The van der Waals surface area contributed by atoms with Crippen molar-refractivity contribution in [1.29, 1.82) is 0 Å². The predicted octanol–water partition coefficient (Wildman–Crippen LogP) is 3.14. The van der Waals surface area contributed by atoms with E-state index in [0.29, 0.717) is 24.2 Å². The minimum atomic E-state index is -0.756. The van der Waals surface area contributed by atoms with Crippen molar-refractivity contribution in [3.8, 4) is 0 Å². The van der Waals surface area contributed by atoms with Crippen LogP contribution in [-0.4, -0.2) is 34.7 Å². The maximum absolute atomic E-state index is 14.0. The number of carbonyl (C=O) groups is 1. The normalized spacial score (nSPS) is 15.0. The molecule has 0 saturated carbocycles. The fourth-order valence-corrected chi connectivity index (χ4v) is 3.00. The molecule has 0 bridgehead atoms. The van der Waals surface area contributed by atoms with Crippen LogP contribution in [0.5, 0.6) is 0 Å². The number of halogens is 2. The van der Waals surface area contributed by atoms with Crippen LogP contribution in [0, 0.1) is 11.6 Å². The Morgan fingerprint density at radius 2 is 1.80 bits per heavy atom. The molecule has 1 amide bonds. The molecule has 5 nitrogen and oxygen atoms in total. The minimum Gasteiger partial charge on any atom is -0.444 e. The van der Waals surface area contributed by atoms with Gasteiger partial charge < -0.3 is 14.6 Å². The summed E-state index contributed by atoms with van der Waals surface area (Å²) in [7, 11) is 0. The van der Waals surface area contributed by atoms with Gasteiger partial charge in [-0.15, -0.1) is 0 Å². The summed E-state index contributed by atoms with van der Waals surface area (Å²) in [6.45, 7) is 5.95. The summed E-state index contributed by atoms with van der Waals surface area (Å²) < 4.78 is 33.4. The standard InChI is InChI=1S/C18H20F2N2O3/c1-18(2,3)25-17(24)22-8-6-10-13(7-9-22)21-15-12(20)5-4-11(19)14(15)16(10)23/h4-5H,6-9H2,1-3H3,(H,21,23). The lowest BCUT2D eigenvalue weighted by molar-refractivity contribution is 0.0258. The molecule has 0 atom stereocenters. The zero-order chi connectivity index (χ0) is 18.4. The van der Waals surface area contributed by atoms with Crippen LogP contribution in [0.15, 0.2) is 16.9 Å². The van der Waals surface area contributed by atoms with Gasteiger partial charge in [-0.05, 0) is 39.3 Å². The lowest BCUT2D eigenvalue weighted by Gasteiger charge is -2.26. The van der Waals surface area contributed by atoms with E-state index in [0.717, 1.165) is 12.1 Å². The molecular weight excluding hydrogens is 330 g/mol. The van der Waals surface area contributed by atoms with Gasteiger partial charge >= 0.3 is 6.09 Å². The molecular formula is C18H20F2N2O3. The highest BCUT2D eigenvalue weighted by Gasteiger charge is 2.26. The van der Waals surface area contributed by atoms with E-state index in [2.05, 4.69) is 4.98 Å². The Balaban J connectivity index is 1.97. The van der Waals surface area contributed by atoms with Crippen LogP contribution >= 0.6 is 0 Å². The molecule has 2 aromatic rings. The van der Waals surface area contributed by atoms with Crippen molar-refractivity contribution in [2.75, 3.05) is 13.1 Å². The average Bonchev–Trinajstić information content (AvgIpc) is 2.72. The van der Waals surface area contributed by atoms with E-state index in [9.17, 15) is 18.4 Å². The first-order valence-corrected chi connectivity index (χ1v) is 8.17. The topological polar surface area (TPSA) is 62.4 Å². The number of nitrogens with one attached hydrogen (secondary N) is 1. The highest BCUT2D eigenvalue weighted by molar-refractivity contribution is 5.81. The number of benzene rings is 1. The molecule has 1 N–H and O–H groups in total. The Kier molecular flexibility index (Phi) is 4.26. The fraction of sp³-hybridized carbons (Fsp3) is 0.444. The highest BCUT2D eigenvalue weighted by Crippen LogP contribution is 2.21. The van der Waals surface area contributed by atoms with Crippen molar-refractivity contribution in [3.05, 3.63) is 45.2 Å². The number of H-pyrrole nitrogens is 1. The average molecular weight is 350 g/mol. The Morgan fingerprint density at radius 3 is 2.48 bits per heavy atom. The van der Waals surface area contributed by atoms with Gasteiger partial charge in [0.15, 0.2) is 5.43 Å². The smallest absolute Gasteiger partial charge is 0.410 e. The van der Waals surface area contributed by atoms with Gasteiger partial charge in [0.2, 0.25) is 0 Å². The number of nitrogens with zero attached hydrogens (tertiary/aromatic N) is 1. The number of hydrogen-bond acceptors (Lipinski definition) is 3. The lowest BCUT2D eigenvalue weighted by Crippen LogP contribution is -2.38. The highest BCUT2D eigenvalue weighted by atomic mass is 19.1. The van der Waals surface area contributed by atoms with Crippen LogP contribution in [0.2, 0.25) is 0 Å². The van der Waals surface area contributed by atoms with Crippen molar-refractivity contribution < 1.29 is 18.3 Å². The molecule has 134 valence electrons. The van der Waals surface area contributed by atoms with Crippen LogP contribution in [0.25, 0.3) is 10.9 Å². The van der Waals surface area contributed by atoms with E-state index in [1.54, 1.807) is 20.8 Å². The van der Waals surface area contributed by atoms with E-state index in [4.69, 9.17) is 4.74 Å². The Bertz CT molecular complexity index is 900. The minimum absolute atomic E-state index is 0.130. The van der Waals surface area contributed by atoms with Crippen molar-refractivity contribution in [1.82, 2.24) is 9.88 Å². The summed E-state index contributed by atoms with van der Waals surface area (Å²) in [6, 6.07) is 1.94. The number of amides is 1. The maximum atomic E-state index is 14.0. The van der Waals surface area contributed by atoms with E-state index in [1.165, 1.54) is 4.90 Å². The first kappa shape index (κ1) is 17.4. The van der Waals surface area contributed by atoms with Gasteiger partial charge in [-0.1, -0.05) is 0 Å². The van der Waals surface area contributed by atoms with E-state index in [1.807, 2.05) is 0 Å². The number of pyridine rings is 1. The van der Waals surface area contributed by atoms with E-state index in [-0.39, 0.29) is 23.9 Å². The Labute approximate surface area is 143 Å². The number of aromatic nitrogens is 1. The number of carbonyl (C=O) groups excluding carboxylic acids is 1. The number of hydrogen-bond donors (Lipinski definition) is 1. The van der Waals surface area contributed by atoms with Crippen molar-refractivity contribution >= 4 is 17.0 Å². The molecule has 1 aromatic heterocycles. The van der Waals surface area contributed by atoms with Gasteiger partial charge in [-0.2, -0.15) is 0 Å².